The summed E-state index contributed by atoms with van der Waals surface area (Å²) in [6.07, 6.45) is 3.25. The monoisotopic (exact) mass is 234 g/mol. The number of nitrogens with one attached hydrogen (secondary N) is 2. The van der Waals surface area contributed by atoms with Gasteiger partial charge in [0.2, 0.25) is 0 Å². The van der Waals surface area contributed by atoms with Crippen LogP contribution in [0.2, 0.25) is 0 Å². The summed E-state index contributed by atoms with van der Waals surface area (Å²) in [6, 6.07) is 6.95. The van der Waals surface area contributed by atoms with Crippen molar-refractivity contribution in [3.63, 3.8) is 0 Å². The van der Waals surface area contributed by atoms with Gasteiger partial charge in [-0.2, -0.15) is 0 Å². The average Bonchev–Trinajstić information content (AvgIpc) is 2.25. The molecular formula is C12H16N3O2. The van der Waals surface area contributed by atoms with Gasteiger partial charge in [-0.15, -0.1) is 0 Å². The lowest BCUT2D eigenvalue weighted by molar-refractivity contribution is 0.224. The van der Waals surface area contributed by atoms with E-state index in [9.17, 15) is 9.90 Å². The predicted molar refractivity (Wildman–Crippen MR) is 66.9 cm³/mol. The second-order valence-electron chi connectivity index (χ2n) is 3.65. The molecule has 0 unspecified atom stereocenters. The lowest BCUT2D eigenvalue weighted by Gasteiger charge is -2.12. The third-order valence-electron chi connectivity index (χ3n) is 1.88. The molecule has 0 saturated heterocycles. The summed E-state index contributed by atoms with van der Waals surface area (Å²) >= 11 is 0. The molecule has 0 aliphatic rings. The fourth-order valence-corrected chi connectivity index (χ4v) is 1.27. The molecule has 0 fully saturated rings. The first-order valence-corrected chi connectivity index (χ1v) is 5.21. The number of amides is 2. The van der Waals surface area contributed by atoms with Gasteiger partial charge < -0.3 is 5.32 Å². The van der Waals surface area contributed by atoms with Crippen LogP contribution in [0.1, 0.15) is 5.56 Å². The summed E-state index contributed by atoms with van der Waals surface area (Å²) in [6.45, 7) is -0.251. The third-order valence-corrected chi connectivity index (χ3v) is 1.88. The Morgan fingerprint density at radius 3 is 2.82 bits per heavy atom. The van der Waals surface area contributed by atoms with Crippen LogP contribution in [-0.4, -0.2) is 31.7 Å². The van der Waals surface area contributed by atoms with E-state index in [0.29, 0.717) is 5.69 Å². The van der Waals surface area contributed by atoms with Gasteiger partial charge in [-0.1, -0.05) is 24.3 Å². The van der Waals surface area contributed by atoms with Crippen LogP contribution < -0.4 is 10.7 Å². The second kappa shape index (κ2) is 6.67. The van der Waals surface area contributed by atoms with Crippen LogP contribution in [0, 0.1) is 0 Å². The summed E-state index contributed by atoms with van der Waals surface area (Å²) in [5, 5.41) is 14.6. The van der Waals surface area contributed by atoms with Crippen LogP contribution in [0.4, 0.5) is 10.5 Å². The van der Waals surface area contributed by atoms with E-state index < -0.39 is 0 Å². The number of benzene rings is 1. The van der Waals surface area contributed by atoms with Gasteiger partial charge in [0.1, 0.15) is 6.61 Å². The number of hydrazine groups is 1. The maximum atomic E-state index is 11.4. The van der Waals surface area contributed by atoms with Crippen molar-refractivity contribution < 1.29 is 9.90 Å². The molecule has 1 rings (SSSR count). The Bertz CT molecular complexity index is 402. The summed E-state index contributed by atoms with van der Waals surface area (Å²) in [5.74, 6) is 0. The van der Waals surface area contributed by atoms with Crippen molar-refractivity contribution in [2.45, 2.75) is 0 Å². The quantitative estimate of drug-likeness (QED) is 0.779. The molecule has 2 N–H and O–H groups in total. The highest BCUT2D eigenvalue weighted by atomic mass is 16.2. The Morgan fingerprint density at radius 2 is 2.18 bits per heavy atom. The van der Waals surface area contributed by atoms with Gasteiger partial charge in [-0.3, -0.25) is 5.43 Å². The Hall–Kier alpha value is -1.85. The van der Waals surface area contributed by atoms with Crippen molar-refractivity contribution in [3.8, 4) is 0 Å². The molecule has 91 valence electrons. The molecule has 5 nitrogen and oxygen atoms in total. The fraction of sp³-hybridized carbons (Fsp3) is 0.250. The third kappa shape index (κ3) is 5.14. The maximum Gasteiger partial charge on any atom is 0.333 e. The molecule has 0 saturated carbocycles. The zero-order valence-electron chi connectivity index (χ0n) is 9.93. The minimum Gasteiger partial charge on any atom is -0.307 e. The van der Waals surface area contributed by atoms with Crippen molar-refractivity contribution >= 4 is 17.8 Å². The Balaban J connectivity index is 2.65. The van der Waals surface area contributed by atoms with E-state index in [-0.39, 0.29) is 12.6 Å². The van der Waals surface area contributed by atoms with Crippen LogP contribution in [0.25, 0.3) is 6.08 Å². The molecule has 1 aromatic rings. The molecular weight excluding hydrogens is 218 g/mol. The summed E-state index contributed by atoms with van der Waals surface area (Å²) in [5.41, 5.74) is 4.13. The number of carbonyl (C=O) groups excluding carboxylic acids is 1. The first-order chi connectivity index (χ1) is 8.11. The molecule has 0 heterocycles. The number of hydrogen-bond donors (Lipinski definition) is 2. The van der Waals surface area contributed by atoms with Gasteiger partial charge in [-0.05, 0) is 17.7 Å². The topological polar surface area (TPSA) is 64.3 Å². The van der Waals surface area contributed by atoms with Crippen LogP contribution in [0.15, 0.2) is 30.3 Å². The largest absolute Gasteiger partial charge is 0.333 e. The number of carbonyl (C=O) groups is 1. The van der Waals surface area contributed by atoms with E-state index in [2.05, 4.69) is 10.7 Å². The zero-order chi connectivity index (χ0) is 12.7. The normalized spacial score (nSPS) is 10.8. The fourth-order valence-electron chi connectivity index (χ4n) is 1.27. The first-order valence-electron chi connectivity index (χ1n) is 5.21. The lowest BCUT2D eigenvalue weighted by Crippen LogP contribution is -2.39. The zero-order valence-corrected chi connectivity index (χ0v) is 9.93. The van der Waals surface area contributed by atoms with Gasteiger partial charge in [0, 0.05) is 19.8 Å². The average molecular weight is 234 g/mol. The SMILES string of the molecule is CN(C)NC(=O)Nc1cccc(/C=C/C[O])c1. The minimum atomic E-state index is -0.306. The Morgan fingerprint density at radius 1 is 1.41 bits per heavy atom. The highest BCUT2D eigenvalue weighted by Gasteiger charge is 2.01. The molecule has 0 bridgehead atoms. The van der Waals surface area contributed by atoms with E-state index in [1.165, 1.54) is 6.08 Å². The number of hydrogen-bond acceptors (Lipinski definition) is 2. The Labute approximate surface area is 101 Å². The number of urea groups is 1. The first kappa shape index (κ1) is 13.2. The van der Waals surface area contributed by atoms with E-state index in [4.69, 9.17) is 0 Å². The predicted octanol–water partition coefficient (Wildman–Crippen LogP) is 1.73. The molecule has 2 amide bonds. The second-order valence-corrected chi connectivity index (χ2v) is 3.65. The van der Waals surface area contributed by atoms with Crippen molar-refractivity contribution in [1.29, 1.82) is 0 Å². The molecule has 17 heavy (non-hydrogen) atoms. The maximum absolute atomic E-state index is 11.4. The molecule has 0 aliphatic heterocycles. The standard InChI is InChI=1S/C12H16N3O2/c1-15(2)14-12(17)13-11-7-3-5-10(9-11)6-4-8-16/h3-7,9H,8H2,1-2H3,(H2,13,14,17)/b6-4+. The van der Waals surface area contributed by atoms with E-state index in [0.717, 1.165) is 5.56 Å². The van der Waals surface area contributed by atoms with Crippen molar-refractivity contribution in [2.24, 2.45) is 0 Å². The summed E-state index contributed by atoms with van der Waals surface area (Å²) in [4.78, 5) is 11.4. The van der Waals surface area contributed by atoms with E-state index in [1.54, 1.807) is 37.3 Å². The molecule has 5 heteroatoms. The molecule has 0 aliphatic carbocycles. The molecule has 0 spiro atoms. The highest BCUT2D eigenvalue weighted by molar-refractivity contribution is 5.89. The van der Waals surface area contributed by atoms with Crippen molar-refractivity contribution in [2.75, 3.05) is 26.0 Å². The van der Waals surface area contributed by atoms with Crippen molar-refractivity contribution in [3.05, 3.63) is 35.9 Å². The minimum absolute atomic E-state index is 0.251. The number of rotatable bonds is 4. The van der Waals surface area contributed by atoms with Crippen LogP contribution in [0.3, 0.4) is 0 Å². The number of anilines is 1. The smallest absolute Gasteiger partial charge is 0.307 e. The Kier molecular flexibility index (Phi) is 5.19. The summed E-state index contributed by atoms with van der Waals surface area (Å²) < 4.78 is 0. The summed E-state index contributed by atoms with van der Waals surface area (Å²) in [7, 11) is 3.46. The van der Waals surface area contributed by atoms with Gasteiger partial charge in [0.25, 0.3) is 0 Å². The molecule has 1 radical (unpaired) electrons. The van der Waals surface area contributed by atoms with Gasteiger partial charge >= 0.3 is 6.03 Å². The van der Waals surface area contributed by atoms with E-state index >= 15 is 0 Å². The van der Waals surface area contributed by atoms with Crippen LogP contribution in [0.5, 0.6) is 0 Å². The van der Waals surface area contributed by atoms with Gasteiger partial charge in [0.05, 0.1) is 0 Å². The number of nitrogens with zero attached hydrogens (tertiary/aromatic N) is 1. The van der Waals surface area contributed by atoms with Gasteiger partial charge in [0.15, 0.2) is 0 Å². The van der Waals surface area contributed by atoms with E-state index in [1.807, 2.05) is 12.1 Å². The highest BCUT2D eigenvalue weighted by Crippen LogP contribution is 2.11. The molecule has 0 aromatic heterocycles. The van der Waals surface area contributed by atoms with Crippen LogP contribution in [-0.2, 0) is 5.11 Å². The van der Waals surface area contributed by atoms with Crippen molar-refractivity contribution in [1.82, 2.24) is 10.4 Å². The molecule has 0 atom stereocenters. The lowest BCUT2D eigenvalue weighted by atomic mass is 10.2. The molecule has 1 aromatic carbocycles. The van der Waals surface area contributed by atoms with Crippen LogP contribution >= 0.6 is 0 Å². The van der Waals surface area contributed by atoms with Gasteiger partial charge in [-0.25, -0.2) is 14.9 Å².